The van der Waals surface area contributed by atoms with Crippen LogP contribution in [0.2, 0.25) is 0 Å². The van der Waals surface area contributed by atoms with E-state index in [-0.39, 0.29) is 5.54 Å². The van der Waals surface area contributed by atoms with Gasteiger partial charge in [0.25, 0.3) is 0 Å². The standard InChI is InChI=1S/C17H26N4O/c1-19-15(6-9-18-19)14-5-2-10-20(13-14)16(22)17-7-3-11-21(17)12-4-8-17/h6,9,14H,2-5,7-8,10-13H2,1H3. The van der Waals surface area contributed by atoms with Crippen molar-refractivity contribution < 1.29 is 4.79 Å². The van der Waals surface area contributed by atoms with Crippen LogP contribution in [-0.2, 0) is 11.8 Å². The van der Waals surface area contributed by atoms with Crippen molar-refractivity contribution in [2.75, 3.05) is 26.2 Å². The summed E-state index contributed by atoms with van der Waals surface area (Å²) in [6.07, 6.45) is 8.65. The van der Waals surface area contributed by atoms with Crippen molar-refractivity contribution in [1.29, 1.82) is 0 Å². The zero-order valence-corrected chi connectivity index (χ0v) is 13.5. The molecule has 1 amide bonds. The fourth-order valence-electron chi connectivity index (χ4n) is 4.94. The van der Waals surface area contributed by atoms with Crippen molar-refractivity contribution in [2.24, 2.45) is 7.05 Å². The van der Waals surface area contributed by atoms with Gasteiger partial charge in [0, 0.05) is 37.9 Å². The molecule has 0 radical (unpaired) electrons. The van der Waals surface area contributed by atoms with E-state index in [1.165, 1.54) is 25.0 Å². The molecule has 0 aromatic carbocycles. The normalized spacial score (nSPS) is 28.0. The van der Waals surface area contributed by atoms with Crippen LogP contribution in [0.4, 0.5) is 0 Å². The lowest BCUT2D eigenvalue weighted by Crippen LogP contribution is -2.55. The van der Waals surface area contributed by atoms with Crippen molar-refractivity contribution in [3.63, 3.8) is 0 Å². The second kappa shape index (κ2) is 5.37. The van der Waals surface area contributed by atoms with Gasteiger partial charge in [-0.25, -0.2) is 0 Å². The molecule has 0 N–H and O–H groups in total. The molecule has 3 fully saturated rings. The van der Waals surface area contributed by atoms with Crippen molar-refractivity contribution in [3.05, 3.63) is 18.0 Å². The summed E-state index contributed by atoms with van der Waals surface area (Å²) in [5, 5.41) is 4.30. The van der Waals surface area contributed by atoms with Crippen LogP contribution in [0.3, 0.4) is 0 Å². The number of aromatic nitrogens is 2. The van der Waals surface area contributed by atoms with Crippen molar-refractivity contribution in [2.45, 2.75) is 50.0 Å². The van der Waals surface area contributed by atoms with E-state index in [1.807, 2.05) is 17.9 Å². The molecule has 0 bridgehead atoms. The quantitative estimate of drug-likeness (QED) is 0.836. The van der Waals surface area contributed by atoms with Gasteiger partial charge in [0.2, 0.25) is 5.91 Å². The fourth-order valence-corrected chi connectivity index (χ4v) is 4.94. The predicted octanol–water partition coefficient (Wildman–Crippen LogP) is 1.75. The second-order valence-corrected chi connectivity index (χ2v) is 7.20. The van der Waals surface area contributed by atoms with Crippen LogP contribution in [0, 0.1) is 0 Å². The Labute approximate surface area is 132 Å². The molecule has 1 aromatic rings. The van der Waals surface area contributed by atoms with E-state index in [2.05, 4.69) is 21.0 Å². The highest BCUT2D eigenvalue weighted by Crippen LogP contribution is 2.41. The van der Waals surface area contributed by atoms with Crippen LogP contribution in [0.25, 0.3) is 0 Å². The summed E-state index contributed by atoms with van der Waals surface area (Å²) in [6.45, 7) is 4.03. The molecule has 5 nitrogen and oxygen atoms in total. The Balaban J connectivity index is 1.53. The SMILES string of the molecule is Cn1nccc1C1CCCN(C(=O)C23CCCN2CCC3)C1. The Morgan fingerprint density at radius 1 is 1.23 bits per heavy atom. The smallest absolute Gasteiger partial charge is 0.243 e. The van der Waals surface area contributed by atoms with Crippen molar-refractivity contribution in [1.82, 2.24) is 19.6 Å². The monoisotopic (exact) mass is 302 g/mol. The first-order chi connectivity index (χ1) is 10.7. The van der Waals surface area contributed by atoms with Crippen LogP contribution in [0.1, 0.15) is 50.1 Å². The lowest BCUT2D eigenvalue weighted by Gasteiger charge is -2.40. The number of carbonyl (C=O) groups excluding carboxylic acids is 1. The molecule has 5 heteroatoms. The molecule has 3 aliphatic heterocycles. The van der Waals surface area contributed by atoms with E-state index in [0.717, 1.165) is 45.4 Å². The number of rotatable bonds is 2. The van der Waals surface area contributed by atoms with Gasteiger partial charge in [-0.3, -0.25) is 14.4 Å². The molecule has 1 atom stereocenters. The van der Waals surface area contributed by atoms with Crippen molar-refractivity contribution >= 4 is 5.91 Å². The summed E-state index contributed by atoms with van der Waals surface area (Å²) in [6, 6.07) is 2.11. The molecule has 4 heterocycles. The number of hydrogen-bond acceptors (Lipinski definition) is 3. The molecule has 1 aromatic heterocycles. The van der Waals surface area contributed by atoms with E-state index in [9.17, 15) is 4.79 Å². The third-order valence-corrected chi connectivity index (χ3v) is 6.03. The van der Waals surface area contributed by atoms with Gasteiger partial charge in [-0.15, -0.1) is 0 Å². The first-order valence-corrected chi connectivity index (χ1v) is 8.73. The maximum atomic E-state index is 13.3. The van der Waals surface area contributed by atoms with Crippen LogP contribution in [-0.4, -0.2) is 57.2 Å². The number of aryl methyl sites for hydroxylation is 1. The number of hydrogen-bond donors (Lipinski definition) is 0. The van der Waals surface area contributed by atoms with Gasteiger partial charge in [0.15, 0.2) is 0 Å². The highest BCUT2D eigenvalue weighted by atomic mass is 16.2. The van der Waals surface area contributed by atoms with E-state index < -0.39 is 0 Å². The second-order valence-electron chi connectivity index (χ2n) is 7.20. The minimum atomic E-state index is -0.144. The van der Waals surface area contributed by atoms with Crippen LogP contribution in [0.5, 0.6) is 0 Å². The number of carbonyl (C=O) groups is 1. The topological polar surface area (TPSA) is 41.4 Å². The van der Waals surface area contributed by atoms with Gasteiger partial charge in [-0.1, -0.05) is 0 Å². The van der Waals surface area contributed by atoms with Gasteiger partial charge in [-0.05, 0) is 57.7 Å². The number of likely N-dealkylation sites (tertiary alicyclic amines) is 1. The van der Waals surface area contributed by atoms with Crippen LogP contribution < -0.4 is 0 Å². The summed E-state index contributed by atoms with van der Waals surface area (Å²) in [7, 11) is 2.00. The molecule has 1 unspecified atom stereocenters. The molecule has 3 aliphatic rings. The molecule has 22 heavy (non-hydrogen) atoms. The molecule has 0 aliphatic carbocycles. The fraction of sp³-hybridized carbons (Fsp3) is 0.765. The summed E-state index contributed by atoms with van der Waals surface area (Å²) in [5.41, 5.74) is 1.12. The minimum Gasteiger partial charge on any atom is -0.340 e. The summed E-state index contributed by atoms with van der Waals surface area (Å²) in [5.74, 6) is 0.854. The van der Waals surface area contributed by atoms with Gasteiger partial charge in [0.05, 0.1) is 0 Å². The summed E-state index contributed by atoms with van der Waals surface area (Å²) in [4.78, 5) is 17.9. The van der Waals surface area contributed by atoms with Crippen LogP contribution >= 0.6 is 0 Å². The lowest BCUT2D eigenvalue weighted by atomic mass is 9.89. The molecular formula is C17H26N4O. The lowest BCUT2D eigenvalue weighted by molar-refractivity contribution is -0.142. The third kappa shape index (κ3) is 2.09. The molecule has 0 saturated carbocycles. The Bertz CT molecular complexity index is 557. The van der Waals surface area contributed by atoms with Gasteiger partial charge in [-0.2, -0.15) is 5.10 Å². The third-order valence-electron chi connectivity index (χ3n) is 6.03. The first kappa shape index (κ1) is 14.2. The summed E-state index contributed by atoms with van der Waals surface area (Å²) >= 11 is 0. The summed E-state index contributed by atoms with van der Waals surface area (Å²) < 4.78 is 1.97. The number of nitrogens with zero attached hydrogens (tertiary/aromatic N) is 4. The van der Waals surface area contributed by atoms with Crippen molar-refractivity contribution in [3.8, 4) is 0 Å². The first-order valence-electron chi connectivity index (χ1n) is 8.73. The molecule has 120 valence electrons. The predicted molar refractivity (Wildman–Crippen MR) is 84.5 cm³/mol. The molecular weight excluding hydrogens is 276 g/mol. The Kier molecular flexibility index (Phi) is 3.48. The minimum absolute atomic E-state index is 0.144. The average Bonchev–Trinajstić information content (AvgIpc) is 3.21. The number of piperidine rings is 1. The molecule has 4 rings (SSSR count). The largest absolute Gasteiger partial charge is 0.340 e. The van der Waals surface area contributed by atoms with Crippen LogP contribution in [0.15, 0.2) is 12.3 Å². The Morgan fingerprint density at radius 2 is 2.00 bits per heavy atom. The maximum absolute atomic E-state index is 13.3. The Morgan fingerprint density at radius 3 is 2.68 bits per heavy atom. The highest BCUT2D eigenvalue weighted by Gasteiger charge is 2.51. The zero-order chi connectivity index (χ0) is 15.2. The van der Waals surface area contributed by atoms with E-state index in [0.29, 0.717) is 11.8 Å². The Hall–Kier alpha value is -1.36. The zero-order valence-electron chi connectivity index (χ0n) is 13.5. The van der Waals surface area contributed by atoms with Gasteiger partial charge >= 0.3 is 0 Å². The van der Waals surface area contributed by atoms with Gasteiger partial charge in [0.1, 0.15) is 5.54 Å². The van der Waals surface area contributed by atoms with E-state index in [4.69, 9.17) is 0 Å². The molecule has 0 spiro atoms. The maximum Gasteiger partial charge on any atom is 0.243 e. The van der Waals surface area contributed by atoms with Gasteiger partial charge < -0.3 is 4.90 Å². The molecule has 3 saturated heterocycles. The number of amides is 1. The average molecular weight is 302 g/mol. The highest BCUT2D eigenvalue weighted by molar-refractivity contribution is 5.87. The number of fused-ring (bicyclic) bond motifs is 1. The van der Waals surface area contributed by atoms with E-state index >= 15 is 0 Å². The van der Waals surface area contributed by atoms with E-state index in [1.54, 1.807) is 0 Å².